The van der Waals surface area contributed by atoms with Crippen LogP contribution in [0.2, 0.25) is 0 Å². The third-order valence-electron chi connectivity index (χ3n) is 3.65. The summed E-state index contributed by atoms with van der Waals surface area (Å²) in [6, 6.07) is 14.1. The molecule has 0 aliphatic rings. The molecule has 0 radical (unpaired) electrons. The number of benzene rings is 2. The van der Waals surface area contributed by atoms with E-state index < -0.39 is 18.4 Å². The van der Waals surface area contributed by atoms with E-state index in [0.29, 0.717) is 5.69 Å². The summed E-state index contributed by atoms with van der Waals surface area (Å²) in [7, 11) is 0. The number of amides is 2. The van der Waals surface area contributed by atoms with Gasteiger partial charge in [-0.2, -0.15) is 13.9 Å². The third-order valence-corrected chi connectivity index (χ3v) is 3.65. The van der Waals surface area contributed by atoms with Crippen molar-refractivity contribution in [1.82, 2.24) is 15.1 Å². The zero-order valence-corrected chi connectivity index (χ0v) is 14.5. The molecular weight excluding hydrogens is 370 g/mol. The first-order valence-corrected chi connectivity index (χ1v) is 8.24. The predicted molar refractivity (Wildman–Crippen MR) is 97.6 cm³/mol. The van der Waals surface area contributed by atoms with Gasteiger partial charge in [-0.3, -0.25) is 9.59 Å². The number of carbonyl (C=O) groups is 2. The SMILES string of the molecule is O=C(CNC(=O)c1cccc(OC(F)F)c1)Nc1ccc(-n2cccn2)cc1. The van der Waals surface area contributed by atoms with E-state index in [1.54, 1.807) is 47.4 Å². The highest BCUT2D eigenvalue weighted by Crippen LogP contribution is 2.16. The van der Waals surface area contributed by atoms with Crippen LogP contribution in [0.4, 0.5) is 14.5 Å². The molecule has 2 N–H and O–H groups in total. The lowest BCUT2D eigenvalue weighted by molar-refractivity contribution is -0.115. The molecule has 0 spiro atoms. The summed E-state index contributed by atoms with van der Waals surface area (Å²) < 4.78 is 30.4. The minimum Gasteiger partial charge on any atom is -0.435 e. The first kappa shape index (κ1) is 19.0. The lowest BCUT2D eigenvalue weighted by Gasteiger charge is -2.09. The van der Waals surface area contributed by atoms with Crippen LogP contribution in [0, 0.1) is 0 Å². The van der Waals surface area contributed by atoms with Crippen LogP contribution >= 0.6 is 0 Å². The van der Waals surface area contributed by atoms with Crippen molar-refractivity contribution in [2.24, 2.45) is 0 Å². The Morgan fingerprint density at radius 1 is 1.11 bits per heavy atom. The van der Waals surface area contributed by atoms with Crippen molar-refractivity contribution in [2.45, 2.75) is 6.61 Å². The molecule has 0 aliphatic carbocycles. The van der Waals surface area contributed by atoms with Gasteiger partial charge in [0.15, 0.2) is 0 Å². The molecule has 7 nitrogen and oxygen atoms in total. The normalized spacial score (nSPS) is 10.5. The number of halogens is 2. The molecule has 1 aromatic heterocycles. The fourth-order valence-corrected chi connectivity index (χ4v) is 2.40. The molecule has 3 rings (SSSR count). The average molecular weight is 386 g/mol. The maximum Gasteiger partial charge on any atom is 0.387 e. The summed E-state index contributed by atoms with van der Waals surface area (Å²) in [5.74, 6) is -1.14. The van der Waals surface area contributed by atoms with Crippen LogP contribution in [-0.4, -0.2) is 34.8 Å². The molecule has 0 fully saturated rings. The number of carbonyl (C=O) groups excluding carboxylic acids is 2. The number of ether oxygens (including phenoxy) is 1. The Kier molecular flexibility index (Phi) is 5.95. The highest BCUT2D eigenvalue weighted by molar-refractivity contribution is 5.99. The topological polar surface area (TPSA) is 85.3 Å². The fraction of sp³-hybridized carbons (Fsp3) is 0.105. The van der Waals surface area contributed by atoms with Gasteiger partial charge in [0.05, 0.1) is 12.2 Å². The number of nitrogens with one attached hydrogen (secondary N) is 2. The minimum absolute atomic E-state index is 0.106. The van der Waals surface area contributed by atoms with Gasteiger partial charge in [-0.05, 0) is 48.5 Å². The fourth-order valence-electron chi connectivity index (χ4n) is 2.40. The Morgan fingerprint density at radius 3 is 2.57 bits per heavy atom. The number of alkyl halides is 2. The molecule has 0 saturated heterocycles. The minimum atomic E-state index is -2.98. The first-order valence-electron chi connectivity index (χ1n) is 8.24. The molecule has 28 heavy (non-hydrogen) atoms. The second-order valence-corrected chi connectivity index (χ2v) is 5.63. The maximum atomic E-state index is 12.2. The van der Waals surface area contributed by atoms with Crippen molar-refractivity contribution >= 4 is 17.5 Å². The van der Waals surface area contributed by atoms with E-state index in [4.69, 9.17) is 0 Å². The van der Waals surface area contributed by atoms with Gasteiger partial charge in [-0.1, -0.05) is 6.07 Å². The Labute approximate surface area is 158 Å². The highest BCUT2D eigenvalue weighted by atomic mass is 19.3. The largest absolute Gasteiger partial charge is 0.435 e. The lowest BCUT2D eigenvalue weighted by Crippen LogP contribution is -2.32. The van der Waals surface area contributed by atoms with Crippen LogP contribution in [0.5, 0.6) is 5.75 Å². The van der Waals surface area contributed by atoms with Crippen LogP contribution < -0.4 is 15.4 Å². The summed E-state index contributed by atoms with van der Waals surface area (Å²) in [5.41, 5.74) is 1.50. The number of hydrogen-bond donors (Lipinski definition) is 2. The second kappa shape index (κ2) is 8.76. The van der Waals surface area contributed by atoms with Gasteiger partial charge in [0, 0.05) is 23.6 Å². The van der Waals surface area contributed by atoms with Crippen molar-refractivity contribution < 1.29 is 23.1 Å². The molecule has 2 amide bonds. The molecule has 0 unspecified atom stereocenters. The summed E-state index contributed by atoms with van der Waals surface area (Å²) in [6.45, 7) is -3.26. The van der Waals surface area contributed by atoms with Crippen LogP contribution in [0.1, 0.15) is 10.4 Å². The molecule has 9 heteroatoms. The molecule has 3 aromatic rings. The van der Waals surface area contributed by atoms with Crippen molar-refractivity contribution in [3.63, 3.8) is 0 Å². The summed E-state index contributed by atoms with van der Waals surface area (Å²) >= 11 is 0. The molecule has 0 saturated carbocycles. The molecule has 144 valence electrons. The summed E-state index contributed by atoms with van der Waals surface area (Å²) in [4.78, 5) is 24.1. The van der Waals surface area contributed by atoms with Crippen molar-refractivity contribution in [3.8, 4) is 11.4 Å². The lowest BCUT2D eigenvalue weighted by atomic mass is 10.2. The molecule has 2 aromatic carbocycles. The van der Waals surface area contributed by atoms with Gasteiger partial charge in [0.1, 0.15) is 5.75 Å². The second-order valence-electron chi connectivity index (χ2n) is 5.63. The number of aromatic nitrogens is 2. The molecule has 1 heterocycles. The van der Waals surface area contributed by atoms with Gasteiger partial charge in [-0.25, -0.2) is 4.68 Å². The zero-order valence-electron chi connectivity index (χ0n) is 14.5. The average Bonchev–Trinajstić information content (AvgIpc) is 3.21. The Morgan fingerprint density at radius 2 is 1.89 bits per heavy atom. The van der Waals surface area contributed by atoms with Crippen molar-refractivity contribution in [3.05, 3.63) is 72.6 Å². The van der Waals surface area contributed by atoms with Crippen molar-refractivity contribution in [2.75, 3.05) is 11.9 Å². The Balaban J connectivity index is 1.52. The standard InChI is InChI=1S/C19H16F2N4O3/c20-19(21)28-16-4-1-3-13(11-16)18(27)22-12-17(26)24-14-5-7-15(8-6-14)25-10-2-9-23-25/h1-11,19H,12H2,(H,22,27)(H,24,26). The quantitative estimate of drug-likeness (QED) is 0.654. The summed E-state index contributed by atoms with van der Waals surface area (Å²) in [5, 5.41) is 9.18. The van der Waals surface area contributed by atoms with E-state index in [1.165, 1.54) is 24.3 Å². The molecular formula is C19H16F2N4O3. The molecule has 0 atom stereocenters. The number of anilines is 1. The van der Waals surface area contributed by atoms with Gasteiger partial charge in [0.25, 0.3) is 5.91 Å². The van der Waals surface area contributed by atoms with Crippen molar-refractivity contribution in [1.29, 1.82) is 0 Å². The van der Waals surface area contributed by atoms with Gasteiger partial charge in [-0.15, -0.1) is 0 Å². The number of nitrogens with zero attached hydrogens (tertiary/aromatic N) is 2. The van der Waals surface area contributed by atoms with Crippen LogP contribution in [0.15, 0.2) is 67.0 Å². The Bertz CT molecular complexity index is 944. The number of rotatable bonds is 7. The smallest absolute Gasteiger partial charge is 0.387 e. The zero-order chi connectivity index (χ0) is 19.9. The monoisotopic (exact) mass is 386 g/mol. The van der Waals surface area contributed by atoms with Gasteiger partial charge < -0.3 is 15.4 Å². The highest BCUT2D eigenvalue weighted by Gasteiger charge is 2.11. The van der Waals surface area contributed by atoms with E-state index in [-0.39, 0.29) is 17.9 Å². The van der Waals surface area contributed by atoms with Crippen LogP contribution in [0.25, 0.3) is 5.69 Å². The van der Waals surface area contributed by atoms with E-state index in [9.17, 15) is 18.4 Å². The third kappa shape index (κ3) is 5.13. The van der Waals surface area contributed by atoms with Crippen LogP contribution in [-0.2, 0) is 4.79 Å². The van der Waals surface area contributed by atoms with E-state index in [1.807, 2.05) is 0 Å². The van der Waals surface area contributed by atoms with E-state index in [2.05, 4.69) is 20.5 Å². The van der Waals surface area contributed by atoms with Gasteiger partial charge >= 0.3 is 6.61 Å². The first-order chi connectivity index (χ1) is 13.5. The van der Waals surface area contributed by atoms with E-state index in [0.717, 1.165) is 5.69 Å². The molecule has 0 bridgehead atoms. The summed E-state index contributed by atoms with van der Waals surface area (Å²) in [6.07, 6.45) is 3.46. The van der Waals surface area contributed by atoms with E-state index >= 15 is 0 Å². The van der Waals surface area contributed by atoms with Crippen LogP contribution in [0.3, 0.4) is 0 Å². The van der Waals surface area contributed by atoms with Gasteiger partial charge in [0.2, 0.25) is 5.91 Å². The Hall–Kier alpha value is -3.75. The number of hydrogen-bond acceptors (Lipinski definition) is 4. The molecule has 0 aliphatic heterocycles. The maximum absolute atomic E-state index is 12.2. The predicted octanol–water partition coefficient (Wildman–Crippen LogP) is 2.84.